The van der Waals surface area contributed by atoms with Crippen molar-refractivity contribution in [2.75, 3.05) is 7.11 Å². The Morgan fingerprint density at radius 1 is 1.18 bits per heavy atom. The third-order valence-corrected chi connectivity index (χ3v) is 1.58. The predicted molar refractivity (Wildman–Crippen MR) is 59.6 cm³/mol. The van der Waals surface area contributed by atoms with Gasteiger partial charge in [-0.2, -0.15) is 0 Å². The van der Waals surface area contributed by atoms with Gasteiger partial charge in [-0.25, -0.2) is 0 Å². The van der Waals surface area contributed by atoms with Gasteiger partial charge in [0.25, 0.3) is 0 Å². The van der Waals surface area contributed by atoms with Gasteiger partial charge in [-0.3, -0.25) is 0 Å². The number of methoxy groups -OCH3 is 1. The first-order valence-electron chi connectivity index (χ1n) is 2.62. The number of hydrogen-bond donors (Lipinski definition) is 0. The summed E-state index contributed by atoms with van der Waals surface area (Å²) in [6, 6.07) is 7.70. The zero-order valence-corrected chi connectivity index (χ0v) is 8.80. The monoisotopic (exact) mass is 292 g/mol. The quantitative estimate of drug-likeness (QED) is 0.721. The molecule has 0 atom stereocenters. The Hall–Kier alpha value is 0.746. The molecule has 4 heteroatoms. The van der Waals surface area contributed by atoms with Gasteiger partial charge in [0.15, 0.2) is 0 Å². The molecule has 0 aromatic heterocycles. The summed E-state index contributed by atoms with van der Waals surface area (Å²) in [6.45, 7) is 0. The van der Waals surface area contributed by atoms with Crippen molar-refractivity contribution in [1.82, 2.24) is 0 Å². The predicted octanol–water partition coefficient (Wildman–Crippen LogP) is 2.12. The van der Waals surface area contributed by atoms with Crippen molar-refractivity contribution in [2.24, 2.45) is 0 Å². The van der Waals surface area contributed by atoms with Gasteiger partial charge >= 0.3 is 23.1 Å². The molecule has 0 N–H and O–H groups in total. The number of halogens is 2. The molecule has 0 saturated heterocycles. The zero-order chi connectivity index (χ0) is 6.69. The van der Waals surface area contributed by atoms with E-state index in [1.807, 2.05) is 24.3 Å². The normalized spacial score (nSPS) is 7.45. The van der Waals surface area contributed by atoms with Crippen LogP contribution < -0.4 is 4.74 Å². The molecule has 1 rings (SSSR count). The van der Waals surface area contributed by atoms with Crippen molar-refractivity contribution in [3.8, 4) is 5.75 Å². The molecule has 1 aromatic rings. The van der Waals surface area contributed by atoms with E-state index in [0.717, 1.165) is 10.2 Å². The van der Waals surface area contributed by atoms with Gasteiger partial charge in [-0.15, -0.1) is 17.0 Å². The molecule has 0 saturated carbocycles. The van der Waals surface area contributed by atoms with E-state index in [1.54, 1.807) is 7.11 Å². The van der Waals surface area contributed by atoms with Gasteiger partial charge < -0.3 is 4.74 Å². The van der Waals surface area contributed by atoms with E-state index in [1.165, 1.54) is 0 Å². The van der Waals surface area contributed by atoms with Crippen LogP contribution in [0.4, 0.5) is 0 Å². The average Bonchev–Trinajstić information content (AvgIpc) is 1.90. The lowest BCUT2D eigenvalue weighted by molar-refractivity contribution is 0.414. The van der Waals surface area contributed by atoms with Crippen molar-refractivity contribution >= 4 is 56.0 Å². The van der Waals surface area contributed by atoms with Crippen LogP contribution in [0.5, 0.6) is 5.75 Å². The van der Waals surface area contributed by atoms with E-state index >= 15 is 0 Å². The highest BCUT2D eigenvalue weighted by atomic mass is 79.9. The largest absolute Gasteiger partial charge is 0.497 e. The zero-order valence-electron chi connectivity index (χ0n) is 5.50. The van der Waals surface area contributed by atoms with Crippen molar-refractivity contribution in [3.63, 3.8) is 0 Å². The van der Waals surface area contributed by atoms with Crippen LogP contribution in [-0.4, -0.2) is 30.2 Å². The van der Waals surface area contributed by atoms with Gasteiger partial charge in [-0.05, 0) is 24.3 Å². The van der Waals surface area contributed by atoms with E-state index in [4.69, 9.17) is 4.74 Å². The molecular formula is C7H10Br2MgO. The molecule has 0 amide bonds. The lowest BCUT2D eigenvalue weighted by Gasteiger charge is -1.96. The number of hydrogen-bond acceptors (Lipinski definition) is 1. The SMILES string of the molecule is Br.COc1ccc(Br)cc1.[MgH2]. The smallest absolute Gasteiger partial charge is 0.316 e. The second kappa shape index (κ2) is 7.40. The Kier molecular flexibility index (Phi) is 9.60. The molecule has 1 aromatic carbocycles. The summed E-state index contributed by atoms with van der Waals surface area (Å²) in [5, 5.41) is 0. The maximum absolute atomic E-state index is 4.95. The molecule has 1 nitrogen and oxygen atoms in total. The van der Waals surface area contributed by atoms with E-state index in [0.29, 0.717) is 0 Å². The number of benzene rings is 1. The van der Waals surface area contributed by atoms with Crippen LogP contribution in [0.2, 0.25) is 0 Å². The van der Waals surface area contributed by atoms with Crippen LogP contribution in [0.15, 0.2) is 28.7 Å². The van der Waals surface area contributed by atoms with Crippen LogP contribution >= 0.6 is 32.9 Å². The first kappa shape index (κ1) is 14.3. The Bertz CT molecular complexity index is 188. The van der Waals surface area contributed by atoms with Gasteiger partial charge in [0, 0.05) is 4.47 Å². The molecular weight excluding hydrogens is 284 g/mol. The number of ether oxygens (including phenoxy) is 1. The van der Waals surface area contributed by atoms with Gasteiger partial charge in [0.05, 0.1) is 7.11 Å². The van der Waals surface area contributed by atoms with Crippen molar-refractivity contribution < 1.29 is 4.74 Å². The topological polar surface area (TPSA) is 9.23 Å². The van der Waals surface area contributed by atoms with Crippen LogP contribution in [0.25, 0.3) is 0 Å². The highest BCUT2D eigenvalue weighted by Gasteiger charge is 1.86. The lowest BCUT2D eigenvalue weighted by atomic mass is 10.3. The third kappa shape index (κ3) is 5.06. The van der Waals surface area contributed by atoms with Crippen LogP contribution in [0.1, 0.15) is 0 Å². The maximum Gasteiger partial charge on any atom is 0.316 e. The minimum absolute atomic E-state index is 0. The summed E-state index contributed by atoms with van der Waals surface area (Å²) in [4.78, 5) is 0. The first-order chi connectivity index (χ1) is 4.33. The maximum atomic E-state index is 4.95. The minimum Gasteiger partial charge on any atom is -0.497 e. The average molecular weight is 294 g/mol. The van der Waals surface area contributed by atoms with E-state index in [9.17, 15) is 0 Å². The van der Waals surface area contributed by atoms with Crippen molar-refractivity contribution in [2.45, 2.75) is 0 Å². The molecule has 11 heavy (non-hydrogen) atoms. The molecule has 60 valence electrons. The van der Waals surface area contributed by atoms with E-state index < -0.39 is 0 Å². The summed E-state index contributed by atoms with van der Waals surface area (Å²) in [6.07, 6.45) is 0. The second-order valence-corrected chi connectivity index (χ2v) is 2.57. The Labute approximate surface area is 102 Å². The Morgan fingerprint density at radius 2 is 1.64 bits per heavy atom. The second-order valence-electron chi connectivity index (χ2n) is 1.66. The number of rotatable bonds is 1. The molecule has 0 heterocycles. The molecule has 0 bridgehead atoms. The summed E-state index contributed by atoms with van der Waals surface area (Å²) in [5.41, 5.74) is 0. The highest BCUT2D eigenvalue weighted by Crippen LogP contribution is 2.14. The summed E-state index contributed by atoms with van der Waals surface area (Å²) in [5.74, 6) is 0.887. The van der Waals surface area contributed by atoms with Gasteiger partial charge in [0.2, 0.25) is 0 Å². The fourth-order valence-electron chi connectivity index (χ4n) is 0.571. The molecule has 0 fully saturated rings. The van der Waals surface area contributed by atoms with Crippen LogP contribution in [0, 0.1) is 0 Å². The van der Waals surface area contributed by atoms with Gasteiger partial charge in [0.1, 0.15) is 5.75 Å². The van der Waals surface area contributed by atoms with Crippen LogP contribution in [-0.2, 0) is 0 Å². The Balaban J connectivity index is 0. The molecule has 0 unspecified atom stereocenters. The molecule has 0 aliphatic rings. The molecule has 0 aliphatic heterocycles. The standard InChI is InChI=1S/C7H7BrO.BrH.Mg.2H/c1-9-7-4-2-6(8)3-5-7;;;;/h2-5H,1H3;1H;;;. The Morgan fingerprint density at radius 3 is 2.00 bits per heavy atom. The fourth-order valence-corrected chi connectivity index (χ4v) is 0.835. The van der Waals surface area contributed by atoms with Crippen molar-refractivity contribution in [3.05, 3.63) is 28.7 Å². The summed E-state index contributed by atoms with van der Waals surface area (Å²) in [7, 11) is 1.66. The molecule has 0 radical (unpaired) electrons. The highest BCUT2D eigenvalue weighted by molar-refractivity contribution is 9.10. The minimum atomic E-state index is 0. The van der Waals surface area contributed by atoms with Gasteiger partial charge in [-0.1, -0.05) is 15.9 Å². The summed E-state index contributed by atoms with van der Waals surface area (Å²) < 4.78 is 6.02. The molecule has 0 spiro atoms. The van der Waals surface area contributed by atoms with E-state index in [2.05, 4.69) is 15.9 Å². The molecule has 0 aliphatic carbocycles. The summed E-state index contributed by atoms with van der Waals surface area (Å²) >= 11 is 3.32. The lowest BCUT2D eigenvalue weighted by Crippen LogP contribution is -1.79. The first-order valence-corrected chi connectivity index (χ1v) is 3.42. The van der Waals surface area contributed by atoms with E-state index in [-0.39, 0.29) is 40.0 Å². The third-order valence-electron chi connectivity index (χ3n) is 1.05. The van der Waals surface area contributed by atoms with Crippen LogP contribution in [0.3, 0.4) is 0 Å². The fraction of sp³-hybridized carbons (Fsp3) is 0.143. The van der Waals surface area contributed by atoms with Crippen molar-refractivity contribution in [1.29, 1.82) is 0 Å².